The highest BCUT2D eigenvalue weighted by molar-refractivity contribution is 6.05. The lowest BCUT2D eigenvalue weighted by Gasteiger charge is -2.09. The molecule has 0 aromatic heterocycles. The van der Waals surface area contributed by atoms with E-state index in [9.17, 15) is 14.0 Å². The lowest BCUT2D eigenvalue weighted by Crippen LogP contribution is -2.37. The molecule has 0 radical (unpaired) electrons. The predicted molar refractivity (Wildman–Crippen MR) is 59.7 cm³/mol. The van der Waals surface area contributed by atoms with E-state index >= 15 is 0 Å². The second kappa shape index (κ2) is 5.05. The molecule has 4 nitrogen and oxygen atoms in total. The second-order valence-electron chi connectivity index (χ2n) is 3.96. The van der Waals surface area contributed by atoms with E-state index in [1.165, 1.54) is 6.07 Å². The van der Waals surface area contributed by atoms with Gasteiger partial charge >= 0.3 is 0 Å². The van der Waals surface area contributed by atoms with E-state index in [0.29, 0.717) is 18.5 Å². The van der Waals surface area contributed by atoms with Crippen LogP contribution in [0.1, 0.15) is 12.0 Å². The Bertz CT molecular complexity index is 448. The van der Waals surface area contributed by atoms with Crippen LogP contribution < -0.4 is 10.6 Å². The summed E-state index contributed by atoms with van der Waals surface area (Å²) in [5.41, 5.74) is 0.602. The summed E-state index contributed by atoms with van der Waals surface area (Å²) in [5.74, 6) is -0.817. The van der Waals surface area contributed by atoms with Crippen LogP contribution in [-0.2, 0) is 16.0 Å². The molecular weight excluding hydrogens is 223 g/mol. The van der Waals surface area contributed by atoms with Gasteiger partial charge in [-0.2, -0.15) is 0 Å². The van der Waals surface area contributed by atoms with Crippen molar-refractivity contribution < 1.29 is 14.0 Å². The molecule has 0 spiro atoms. The third kappa shape index (κ3) is 2.88. The van der Waals surface area contributed by atoms with Crippen molar-refractivity contribution in [1.82, 2.24) is 10.6 Å². The van der Waals surface area contributed by atoms with Gasteiger partial charge in [-0.3, -0.25) is 14.9 Å². The van der Waals surface area contributed by atoms with Gasteiger partial charge in [-0.25, -0.2) is 4.39 Å². The first kappa shape index (κ1) is 11.7. The van der Waals surface area contributed by atoms with E-state index in [-0.39, 0.29) is 24.1 Å². The molecule has 1 aromatic rings. The number of imide groups is 1. The van der Waals surface area contributed by atoms with Gasteiger partial charge in [0, 0.05) is 6.54 Å². The third-order valence-electron chi connectivity index (χ3n) is 2.71. The molecule has 1 aliphatic rings. The molecule has 90 valence electrons. The molecule has 17 heavy (non-hydrogen) atoms. The van der Waals surface area contributed by atoms with Gasteiger partial charge in [0.05, 0.1) is 12.5 Å². The minimum absolute atomic E-state index is 0.163. The summed E-state index contributed by atoms with van der Waals surface area (Å²) in [7, 11) is 0. The zero-order valence-corrected chi connectivity index (χ0v) is 9.20. The third-order valence-corrected chi connectivity index (χ3v) is 2.71. The number of nitrogens with one attached hydrogen (secondary N) is 2. The molecule has 0 aliphatic carbocycles. The number of halogens is 1. The first-order valence-electron chi connectivity index (χ1n) is 5.47. The van der Waals surface area contributed by atoms with Crippen LogP contribution in [0, 0.1) is 5.82 Å². The number of carbonyl (C=O) groups excluding carboxylic acids is 2. The SMILES string of the molecule is O=C1CC(NCCc2ccccc2F)C(=O)N1. The van der Waals surface area contributed by atoms with Crippen molar-refractivity contribution in [2.45, 2.75) is 18.9 Å². The van der Waals surface area contributed by atoms with Crippen molar-refractivity contribution in [1.29, 1.82) is 0 Å². The Balaban J connectivity index is 1.82. The van der Waals surface area contributed by atoms with Gasteiger partial charge in [-0.1, -0.05) is 18.2 Å². The van der Waals surface area contributed by atoms with E-state index in [0.717, 1.165) is 0 Å². The van der Waals surface area contributed by atoms with Crippen LogP contribution in [0.15, 0.2) is 24.3 Å². The van der Waals surface area contributed by atoms with Gasteiger partial charge in [0.1, 0.15) is 5.82 Å². The van der Waals surface area contributed by atoms with Crippen molar-refractivity contribution in [2.75, 3.05) is 6.54 Å². The Hall–Kier alpha value is -1.75. The molecule has 2 rings (SSSR count). The Labute approximate surface area is 98.2 Å². The van der Waals surface area contributed by atoms with E-state index in [1.54, 1.807) is 18.2 Å². The van der Waals surface area contributed by atoms with Gasteiger partial charge in [-0.05, 0) is 18.1 Å². The van der Waals surface area contributed by atoms with Crippen LogP contribution in [0.5, 0.6) is 0 Å². The molecule has 2 N–H and O–H groups in total. The first-order chi connectivity index (χ1) is 8.16. The lowest BCUT2D eigenvalue weighted by atomic mass is 10.1. The maximum Gasteiger partial charge on any atom is 0.244 e. The monoisotopic (exact) mass is 236 g/mol. The van der Waals surface area contributed by atoms with Crippen LogP contribution >= 0.6 is 0 Å². The van der Waals surface area contributed by atoms with Crippen LogP contribution in [0.3, 0.4) is 0 Å². The van der Waals surface area contributed by atoms with Crippen molar-refractivity contribution >= 4 is 11.8 Å². The van der Waals surface area contributed by atoms with E-state index in [1.807, 2.05) is 0 Å². The highest BCUT2D eigenvalue weighted by Crippen LogP contribution is 2.07. The van der Waals surface area contributed by atoms with E-state index < -0.39 is 6.04 Å². The van der Waals surface area contributed by atoms with Gasteiger partial charge in [0.15, 0.2) is 0 Å². The number of hydrogen-bond donors (Lipinski definition) is 2. The largest absolute Gasteiger partial charge is 0.305 e. The summed E-state index contributed by atoms with van der Waals surface area (Å²) in [4.78, 5) is 22.1. The first-order valence-corrected chi connectivity index (χ1v) is 5.47. The summed E-state index contributed by atoms with van der Waals surface area (Å²) < 4.78 is 13.3. The number of benzene rings is 1. The Morgan fingerprint density at radius 1 is 1.35 bits per heavy atom. The number of amides is 2. The van der Waals surface area contributed by atoms with E-state index in [4.69, 9.17) is 0 Å². The summed E-state index contributed by atoms with van der Waals surface area (Å²) in [5, 5.41) is 5.15. The summed E-state index contributed by atoms with van der Waals surface area (Å²) in [6.45, 7) is 0.465. The minimum atomic E-state index is -0.478. The van der Waals surface area contributed by atoms with Crippen LogP contribution in [0.4, 0.5) is 4.39 Å². The molecular formula is C12H13FN2O2. The normalized spacial score (nSPS) is 19.5. The Morgan fingerprint density at radius 2 is 2.12 bits per heavy atom. The Kier molecular flexibility index (Phi) is 3.49. The number of carbonyl (C=O) groups is 2. The highest BCUT2D eigenvalue weighted by atomic mass is 19.1. The fraction of sp³-hybridized carbons (Fsp3) is 0.333. The lowest BCUT2D eigenvalue weighted by molar-refractivity contribution is -0.125. The van der Waals surface area contributed by atoms with Gasteiger partial charge in [-0.15, -0.1) is 0 Å². The van der Waals surface area contributed by atoms with Crippen LogP contribution in [0.2, 0.25) is 0 Å². The van der Waals surface area contributed by atoms with Crippen molar-refractivity contribution in [2.24, 2.45) is 0 Å². The molecule has 5 heteroatoms. The minimum Gasteiger partial charge on any atom is -0.305 e. The summed E-state index contributed by atoms with van der Waals surface area (Å²) in [6, 6.07) is 6.03. The molecule has 1 fully saturated rings. The van der Waals surface area contributed by atoms with Crippen molar-refractivity contribution in [3.63, 3.8) is 0 Å². The van der Waals surface area contributed by atoms with Crippen molar-refractivity contribution in [3.05, 3.63) is 35.6 Å². The van der Waals surface area contributed by atoms with Crippen molar-refractivity contribution in [3.8, 4) is 0 Å². The molecule has 1 heterocycles. The molecule has 0 saturated carbocycles. The number of rotatable bonds is 4. The topological polar surface area (TPSA) is 58.2 Å². The van der Waals surface area contributed by atoms with Crippen LogP contribution in [-0.4, -0.2) is 24.4 Å². The smallest absolute Gasteiger partial charge is 0.244 e. The molecule has 0 bridgehead atoms. The van der Waals surface area contributed by atoms with Gasteiger partial charge in [0.2, 0.25) is 11.8 Å². The fourth-order valence-electron chi connectivity index (χ4n) is 1.80. The maximum absolute atomic E-state index is 13.3. The molecule has 2 amide bonds. The van der Waals surface area contributed by atoms with E-state index in [2.05, 4.69) is 10.6 Å². The average molecular weight is 236 g/mol. The van der Waals surface area contributed by atoms with Crippen LogP contribution in [0.25, 0.3) is 0 Å². The standard InChI is InChI=1S/C12H13FN2O2/c13-9-4-2-1-3-8(9)5-6-14-10-7-11(16)15-12(10)17/h1-4,10,14H,5-7H2,(H,15,16,17). The molecule has 1 aromatic carbocycles. The van der Waals surface area contributed by atoms with Gasteiger partial charge < -0.3 is 5.32 Å². The highest BCUT2D eigenvalue weighted by Gasteiger charge is 2.29. The molecule has 1 unspecified atom stereocenters. The average Bonchev–Trinajstić information content (AvgIpc) is 2.60. The maximum atomic E-state index is 13.3. The molecule has 1 atom stereocenters. The molecule has 1 saturated heterocycles. The summed E-state index contributed by atoms with van der Waals surface area (Å²) in [6.07, 6.45) is 0.654. The predicted octanol–water partition coefficient (Wildman–Crippen LogP) is 0.373. The second-order valence-corrected chi connectivity index (χ2v) is 3.96. The molecule has 1 aliphatic heterocycles. The fourth-order valence-corrected chi connectivity index (χ4v) is 1.80. The zero-order valence-electron chi connectivity index (χ0n) is 9.20. The van der Waals surface area contributed by atoms with Gasteiger partial charge in [0.25, 0.3) is 0 Å². The Morgan fingerprint density at radius 3 is 2.76 bits per heavy atom. The number of hydrogen-bond acceptors (Lipinski definition) is 3. The zero-order chi connectivity index (χ0) is 12.3. The summed E-state index contributed by atoms with van der Waals surface area (Å²) >= 11 is 0. The quantitative estimate of drug-likeness (QED) is 0.743.